The molecule has 1 fully saturated rings. The van der Waals surface area contributed by atoms with Crippen LogP contribution in [0.4, 0.5) is 18.9 Å². The molecule has 0 aliphatic carbocycles. The number of amides is 1. The lowest BCUT2D eigenvalue weighted by atomic mass is 9.99. The summed E-state index contributed by atoms with van der Waals surface area (Å²) in [6.45, 7) is 1.68. The Morgan fingerprint density at radius 3 is 2.22 bits per heavy atom. The molecular formula is C23H16F3NO5. The fourth-order valence-electron chi connectivity index (χ4n) is 3.53. The van der Waals surface area contributed by atoms with Gasteiger partial charge in [-0.25, -0.2) is 0 Å². The van der Waals surface area contributed by atoms with Crippen molar-refractivity contribution in [2.45, 2.75) is 19.3 Å². The molecule has 9 heteroatoms. The molecule has 2 heterocycles. The van der Waals surface area contributed by atoms with Gasteiger partial charge >= 0.3 is 6.36 Å². The molecule has 1 aliphatic rings. The number of aryl methyl sites for hydroxylation is 1. The molecule has 1 saturated heterocycles. The van der Waals surface area contributed by atoms with E-state index < -0.39 is 29.8 Å². The summed E-state index contributed by atoms with van der Waals surface area (Å²) < 4.78 is 46.9. The molecule has 6 nitrogen and oxygen atoms in total. The standard InChI is InChI=1S/C23H16F3NO5/c1-13-7-12-17(31-13)19-18(20(28)14-5-3-2-4-6-14)21(29)22(30)27(19)15-8-10-16(11-9-15)32-23(24,25)26/h2-12,19,28H,1H3/b20-18-. The smallest absolute Gasteiger partial charge is 0.507 e. The summed E-state index contributed by atoms with van der Waals surface area (Å²) in [6.07, 6.45) is -4.87. The van der Waals surface area contributed by atoms with Gasteiger partial charge in [0.2, 0.25) is 0 Å². The third-order valence-corrected chi connectivity index (χ3v) is 4.87. The van der Waals surface area contributed by atoms with Crippen LogP contribution in [0.2, 0.25) is 0 Å². The van der Waals surface area contributed by atoms with E-state index in [0.29, 0.717) is 11.3 Å². The van der Waals surface area contributed by atoms with Gasteiger partial charge in [0.05, 0.1) is 5.57 Å². The van der Waals surface area contributed by atoms with Crippen molar-refractivity contribution in [3.05, 3.63) is 89.4 Å². The fourth-order valence-corrected chi connectivity index (χ4v) is 3.53. The molecular weight excluding hydrogens is 427 g/mol. The third-order valence-electron chi connectivity index (χ3n) is 4.87. The molecule has 1 unspecified atom stereocenters. The van der Waals surface area contributed by atoms with Crippen LogP contribution in [-0.2, 0) is 9.59 Å². The van der Waals surface area contributed by atoms with Crippen LogP contribution in [0.5, 0.6) is 5.75 Å². The van der Waals surface area contributed by atoms with Gasteiger partial charge in [-0.15, -0.1) is 13.2 Å². The van der Waals surface area contributed by atoms with Crippen molar-refractivity contribution >= 4 is 23.1 Å². The molecule has 0 spiro atoms. The van der Waals surface area contributed by atoms with E-state index in [9.17, 15) is 27.9 Å². The number of Topliss-reactive ketones (excluding diaryl/α,β-unsaturated/α-hetero) is 1. The molecule has 1 aromatic heterocycles. The van der Waals surface area contributed by atoms with E-state index in [0.717, 1.165) is 17.0 Å². The number of carbonyl (C=O) groups is 2. The Bertz CT molecular complexity index is 1200. The van der Waals surface area contributed by atoms with E-state index in [-0.39, 0.29) is 22.8 Å². The van der Waals surface area contributed by atoms with Crippen LogP contribution in [-0.4, -0.2) is 23.2 Å². The number of ketones is 1. The first-order chi connectivity index (χ1) is 15.2. The molecule has 32 heavy (non-hydrogen) atoms. The van der Waals surface area contributed by atoms with Crippen molar-refractivity contribution in [1.29, 1.82) is 0 Å². The molecule has 2 aromatic carbocycles. The topological polar surface area (TPSA) is 80.0 Å². The van der Waals surface area contributed by atoms with Crippen molar-refractivity contribution in [1.82, 2.24) is 0 Å². The zero-order valence-corrected chi connectivity index (χ0v) is 16.6. The number of carbonyl (C=O) groups excluding carboxylic acids is 2. The molecule has 1 N–H and O–H groups in total. The van der Waals surface area contributed by atoms with E-state index in [1.54, 1.807) is 49.4 Å². The Labute approximate surface area is 180 Å². The molecule has 164 valence electrons. The van der Waals surface area contributed by atoms with Gasteiger partial charge in [0.15, 0.2) is 0 Å². The van der Waals surface area contributed by atoms with Crippen LogP contribution in [0.3, 0.4) is 0 Å². The quantitative estimate of drug-likeness (QED) is 0.344. The van der Waals surface area contributed by atoms with Gasteiger partial charge in [-0.1, -0.05) is 30.3 Å². The maximum atomic E-state index is 12.9. The zero-order valence-electron chi connectivity index (χ0n) is 16.6. The van der Waals surface area contributed by atoms with Gasteiger partial charge in [-0.2, -0.15) is 0 Å². The summed E-state index contributed by atoms with van der Waals surface area (Å²) >= 11 is 0. The summed E-state index contributed by atoms with van der Waals surface area (Å²) in [5, 5.41) is 10.9. The first-order valence-electron chi connectivity index (χ1n) is 9.44. The molecule has 1 aliphatic heterocycles. The van der Waals surface area contributed by atoms with Crippen LogP contribution in [0.25, 0.3) is 5.76 Å². The van der Waals surface area contributed by atoms with Gasteiger partial charge in [0.1, 0.15) is 29.1 Å². The normalized spacial score (nSPS) is 18.2. The number of benzene rings is 2. The molecule has 0 bridgehead atoms. The first-order valence-corrected chi connectivity index (χ1v) is 9.44. The number of hydrogen-bond acceptors (Lipinski definition) is 5. The molecule has 0 radical (unpaired) electrons. The van der Waals surface area contributed by atoms with Crippen molar-refractivity contribution in [3.63, 3.8) is 0 Å². The van der Waals surface area contributed by atoms with E-state index in [2.05, 4.69) is 4.74 Å². The number of alkyl halides is 3. The number of halogens is 3. The lowest BCUT2D eigenvalue weighted by Crippen LogP contribution is -2.29. The summed E-state index contributed by atoms with van der Waals surface area (Å²) in [5.74, 6) is -2.03. The second kappa shape index (κ2) is 7.92. The number of nitrogens with zero attached hydrogens (tertiary/aromatic N) is 1. The second-order valence-electron chi connectivity index (χ2n) is 7.03. The average molecular weight is 443 g/mol. The summed E-state index contributed by atoms with van der Waals surface area (Å²) in [6, 6.07) is 14.8. The largest absolute Gasteiger partial charge is 0.573 e. The van der Waals surface area contributed by atoms with Gasteiger partial charge in [-0.05, 0) is 43.3 Å². The Kier molecular flexibility index (Phi) is 5.25. The Balaban J connectivity index is 1.83. The van der Waals surface area contributed by atoms with E-state index in [4.69, 9.17) is 4.42 Å². The SMILES string of the molecule is Cc1ccc(C2/C(=C(/O)c3ccccc3)C(=O)C(=O)N2c2ccc(OC(F)(F)F)cc2)o1. The predicted octanol–water partition coefficient (Wildman–Crippen LogP) is 5.11. The van der Waals surface area contributed by atoms with Gasteiger partial charge in [0.25, 0.3) is 11.7 Å². The van der Waals surface area contributed by atoms with Gasteiger partial charge < -0.3 is 14.3 Å². The zero-order chi connectivity index (χ0) is 23.0. The van der Waals surface area contributed by atoms with Crippen molar-refractivity contribution in [2.75, 3.05) is 4.90 Å². The number of aliphatic hydroxyl groups is 1. The number of aliphatic hydroxyl groups excluding tert-OH is 1. The highest BCUT2D eigenvalue weighted by Gasteiger charge is 2.48. The number of anilines is 1. The van der Waals surface area contributed by atoms with Crippen LogP contribution in [0, 0.1) is 6.92 Å². The molecule has 3 aromatic rings. The highest BCUT2D eigenvalue weighted by molar-refractivity contribution is 6.51. The van der Waals surface area contributed by atoms with E-state index in [1.807, 2.05) is 0 Å². The van der Waals surface area contributed by atoms with Crippen LogP contribution in [0.15, 0.2) is 76.7 Å². The first kappa shape index (κ1) is 21.2. The van der Waals surface area contributed by atoms with Crippen LogP contribution < -0.4 is 9.64 Å². The Morgan fingerprint density at radius 1 is 1.00 bits per heavy atom. The van der Waals surface area contributed by atoms with E-state index in [1.165, 1.54) is 12.1 Å². The molecule has 1 amide bonds. The minimum absolute atomic E-state index is 0.132. The number of ether oxygens (including phenoxy) is 1. The van der Waals surface area contributed by atoms with Gasteiger partial charge in [-0.3, -0.25) is 14.5 Å². The van der Waals surface area contributed by atoms with Crippen molar-refractivity contribution in [3.8, 4) is 5.75 Å². The number of hydrogen-bond donors (Lipinski definition) is 1. The lowest BCUT2D eigenvalue weighted by molar-refractivity contribution is -0.274. The minimum Gasteiger partial charge on any atom is -0.507 e. The third kappa shape index (κ3) is 3.96. The minimum atomic E-state index is -4.87. The lowest BCUT2D eigenvalue weighted by Gasteiger charge is -2.23. The molecule has 1 atom stereocenters. The summed E-state index contributed by atoms with van der Waals surface area (Å²) in [4.78, 5) is 26.9. The van der Waals surface area contributed by atoms with Crippen LogP contribution >= 0.6 is 0 Å². The van der Waals surface area contributed by atoms with Crippen molar-refractivity contribution < 1.29 is 37.0 Å². The maximum absolute atomic E-state index is 12.9. The number of rotatable bonds is 4. The molecule has 4 rings (SSSR count). The fraction of sp³-hybridized carbons (Fsp3) is 0.130. The highest BCUT2D eigenvalue weighted by Crippen LogP contribution is 2.43. The van der Waals surface area contributed by atoms with Crippen molar-refractivity contribution in [2.24, 2.45) is 0 Å². The highest BCUT2D eigenvalue weighted by atomic mass is 19.4. The summed E-state index contributed by atoms with van der Waals surface area (Å²) in [5.41, 5.74) is 0.270. The maximum Gasteiger partial charge on any atom is 0.573 e. The van der Waals surface area contributed by atoms with E-state index >= 15 is 0 Å². The molecule has 0 saturated carbocycles. The average Bonchev–Trinajstić information content (AvgIpc) is 3.29. The van der Waals surface area contributed by atoms with Gasteiger partial charge in [0, 0.05) is 11.3 Å². The second-order valence-corrected chi connectivity index (χ2v) is 7.03. The predicted molar refractivity (Wildman–Crippen MR) is 108 cm³/mol. The summed E-state index contributed by atoms with van der Waals surface area (Å²) in [7, 11) is 0. The van der Waals surface area contributed by atoms with Crippen LogP contribution in [0.1, 0.15) is 23.1 Å². The monoisotopic (exact) mass is 443 g/mol. The number of furan rings is 1. The Hall–Kier alpha value is -4.01. The Morgan fingerprint density at radius 2 is 1.66 bits per heavy atom.